The zero-order valence-electron chi connectivity index (χ0n) is 13.8. The van der Waals surface area contributed by atoms with Crippen molar-refractivity contribution in [2.45, 2.75) is 37.7 Å². The summed E-state index contributed by atoms with van der Waals surface area (Å²) in [6.07, 6.45) is 7.72. The van der Waals surface area contributed by atoms with Crippen molar-refractivity contribution in [2.24, 2.45) is 0 Å². The number of likely N-dealkylation sites (tertiary alicyclic amines) is 1. The first-order valence-electron chi connectivity index (χ1n) is 8.58. The summed E-state index contributed by atoms with van der Waals surface area (Å²) in [6, 6.07) is 10.1. The third-order valence-corrected chi connectivity index (χ3v) is 4.82. The number of ether oxygens (including phenoxy) is 2. The van der Waals surface area contributed by atoms with Crippen LogP contribution in [0, 0.1) is 0 Å². The van der Waals surface area contributed by atoms with Crippen molar-refractivity contribution in [1.82, 2.24) is 14.9 Å². The third kappa shape index (κ3) is 3.64. The van der Waals surface area contributed by atoms with Crippen LogP contribution in [0.3, 0.4) is 0 Å². The lowest BCUT2D eigenvalue weighted by Crippen LogP contribution is -2.65. The molecule has 0 unspecified atom stereocenters. The van der Waals surface area contributed by atoms with Crippen molar-refractivity contribution >= 4 is 0 Å². The van der Waals surface area contributed by atoms with E-state index in [1.165, 1.54) is 5.56 Å². The van der Waals surface area contributed by atoms with Gasteiger partial charge in [0.2, 0.25) is 0 Å². The van der Waals surface area contributed by atoms with Gasteiger partial charge in [-0.15, -0.1) is 0 Å². The lowest BCUT2D eigenvalue weighted by atomic mass is 9.84. The average Bonchev–Trinajstić information content (AvgIpc) is 2.61. The summed E-state index contributed by atoms with van der Waals surface area (Å²) in [4.78, 5) is 10.8. The number of rotatable bonds is 5. The molecule has 1 spiro atoms. The minimum atomic E-state index is -0.0179. The van der Waals surface area contributed by atoms with Gasteiger partial charge in [0.1, 0.15) is 0 Å². The molecule has 0 aromatic carbocycles. The van der Waals surface area contributed by atoms with Crippen LogP contribution < -0.4 is 0 Å². The fourth-order valence-electron chi connectivity index (χ4n) is 3.64. The summed E-state index contributed by atoms with van der Waals surface area (Å²) < 4.78 is 12.2. The number of hydrogen-bond donors (Lipinski definition) is 0. The Labute approximate surface area is 142 Å². The zero-order valence-corrected chi connectivity index (χ0v) is 13.8. The summed E-state index contributed by atoms with van der Waals surface area (Å²) >= 11 is 0. The molecule has 0 bridgehead atoms. The van der Waals surface area contributed by atoms with Crippen molar-refractivity contribution < 1.29 is 9.47 Å². The molecule has 2 aromatic rings. The average molecular weight is 325 g/mol. The van der Waals surface area contributed by atoms with Crippen LogP contribution in [-0.4, -0.2) is 46.3 Å². The minimum absolute atomic E-state index is 0.0179. The Morgan fingerprint density at radius 3 is 2.83 bits per heavy atom. The van der Waals surface area contributed by atoms with Crippen LogP contribution in [0.4, 0.5) is 0 Å². The van der Waals surface area contributed by atoms with Crippen molar-refractivity contribution in [3.05, 3.63) is 60.2 Å². The Balaban J connectivity index is 1.27. The SMILES string of the molecule is c1ccc(CN2CC3(C[C@@H](OCc4ccncc4)CCO3)C2)nc1. The van der Waals surface area contributed by atoms with E-state index >= 15 is 0 Å². The molecule has 2 fully saturated rings. The standard InChI is InChI=1S/C19H23N3O2/c1-2-7-21-17(3-1)12-22-14-19(15-22)11-18(6-10-24-19)23-13-16-4-8-20-9-5-16/h1-5,7-9,18H,6,10-15H2/t18-/m0/s1. The maximum absolute atomic E-state index is 6.12. The molecule has 126 valence electrons. The first kappa shape index (κ1) is 15.7. The van der Waals surface area contributed by atoms with E-state index in [2.05, 4.69) is 20.9 Å². The van der Waals surface area contributed by atoms with Gasteiger partial charge in [0.05, 0.1) is 24.0 Å². The Hall–Kier alpha value is -1.82. The summed E-state index contributed by atoms with van der Waals surface area (Å²) in [5, 5.41) is 0. The maximum Gasteiger partial charge on any atom is 0.0959 e. The van der Waals surface area contributed by atoms with E-state index in [9.17, 15) is 0 Å². The van der Waals surface area contributed by atoms with Gasteiger partial charge in [-0.3, -0.25) is 14.9 Å². The number of pyridine rings is 2. The van der Waals surface area contributed by atoms with Crippen molar-refractivity contribution in [3.8, 4) is 0 Å². The molecule has 0 radical (unpaired) electrons. The quantitative estimate of drug-likeness (QED) is 0.845. The van der Waals surface area contributed by atoms with E-state index < -0.39 is 0 Å². The van der Waals surface area contributed by atoms with E-state index in [0.717, 1.165) is 44.8 Å². The van der Waals surface area contributed by atoms with Crippen LogP contribution in [0.15, 0.2) is 48.9 Å². The molecule has 5 nitrogen and oxygen atoms in total. The van der Waals surface area contributed by atoms with Crippen LogP contribution in [0.25, 0.3) is 0 Å². The fraction of sp³-hybridized carbons (Fsp3) is 0.474. The molecule has 5 heteroatoms. The van der Waals surface area contributed by atoms with Crippen LogP contribution in [0.5, 0.6) is 0 Å². The van der Waals surface area contributed by atoms with Crippen LogP contribution >= 0.6 is 0 Å². The molecule has 0 saturated carbocycles. The summed E-state index contributed by atoms with van der Waals surface area (Å²) in [5.41, 5.74) is 2.28. The Kier molecular flexibility index (Phi) is 4.56. The smallest absolute Gasteiger partial charge is 0.0959 e. The van der Waals surface area contributed by atoms with Gasteiger partial charge in [0, 0.05) is 51.3 Å². The highest BCUT2D eigenvalue weighted by Gasteiger charge is 2.47. The minimum Gasteiger partial charge on any atom is -0.373 e. The Morgan fingerprint density at radius 2 is 2.04 bits per heavy atom. The predicted octanol–water partition coefficient (Wildman–Crippen LogP) is 2.43. The highest BCUT2D eigenvalue weighted by Crippen LogP contribution is 2.36. The molecule has 2 aromatic heterocycles. The van der Waals surface area contributed by atoms with E-state index in [0.29, 0.717) is 6.61 Å². The molecule has 24 heavy (non-hydrogen) atoms. The van der Waals surface area contributed by atoms with E-state index in [1.54, 1.807) is 0 Å². The van der Waals surface area contributed by atoms with Gasteiger partial charge < -0.3 is 9.47 Å². The van der Waals surface area contributed by atoms with Crippen molar-refractivity contribution in [2.75, 3.05) is 19.7 Å². The predicted molar refractivity (Wildman–Crippen MR) is 90.2 cm³/mol. The van der Waals surface area contributed by atoms with Gasteiger partial charge in [-0.25, -0.2) is 0 Å². The molecule has 0 N–H and O–H groups in total. The molecular formula is C19H23N3O2. The normalized spacial score (nSPS) is 23.1. The van der Waals surface area contributed by atoms with Crippen LogP contribution in [-0.2, 0) is 22.6 Å². The van der Waals surface area contributed by atoms with Gasteiger partial charge in [-0.05, 0) is 36.2 Å². The Bertz CT molecular complexity index is 644. The van der Waals surface area contributed by atoms with Crippen molar-refractivity contribution in [1.29, 1.82) is 0 Å². The first-order chi connectivity index (χ1) is 11.8. The fourth-order valence-corrected chi connectivity index (χ4v) is 3.64. The van der Waals surface area contributed by atoms with E-state index in [-0.39, 0.29) is 11.7 Å². The zero-order chi connectivity index (χ0) is 16.2. The Morgan fingerprint density at radius 1 is 1.17 bits per heavy atom. The molecule has 0 amide bonds. The molecule has 2 aliphatic rings. The molecule has 2 aliphatic heterocycles. The van der Waals surface area contributed by atoms with Crippen LogP contribution in [0.1, 0.15) is 24.1 Å². The monoisotopic (exact) mass is 325 g/mol. The lowest BCUT2D eigenvalue weighted by Gasteiger charge is -2.53. The molecule has 4 rings (SSSR count). The van der Waals surface area contributed by atoms with Crippen molar-refractivity contribution in [3.63, 3.8) is 0 Å². The first-order valence-corrected chi connectivity index (χ1v) is 8.58. The summed E-state index contributed by atoms with van der Waals surface area (Å²) in [6.45, 7) is 4.28. The van der Waals surface area contributed by atoms with Gasteiger partial charge in [-0.2, -0.15) is 0 Å². The van der Waals surface area contributed by atoms with Gasteiger partial charge in [0.15, 0.2) is 0 Å². The molecule has 4 heterocycles. The van der Waals surface area contributed by atoms with E-state index in [4.69, 9.17) is 9.47 Å². The molecule has 1 atom stereocenters. The second kappa shape index (κ2) is 6.97. The largest absolute Gasteiger partial charge is 0.373 e. The highest BCUT2D eigenvalue weighted by atomic mass is 16.5. The molecule has 0 aliphatic carbocycles. The van der Waals surface area contributed by atoms with E-state index in [1.807, 2.05) is 42.9 Å². The van der Waals surface area contributed by atoms with Gasteiger partial charge in [-0.1, -0.05) is 6.07 Å². The number of hydrogen-bond acceptors (Lipinski definition) is 5. The molecular weight excluding hydrogens is 302 g/mol. The summed E-state index contributed by atoms with van der Waals surface area (Å²) in [7, 11) is 0. The van der Waals surface area contributed by atoms with Gasteiger partial charge >= 0.3 is 0 Å². The third-order valence-electron chi connectivity index (χ3n) is 4.82. The van der Waals surface area contributed by atoms with Crippen LogP contribution in [0.2, 0.25) is 0 Å². The second-order valence-corrected chi connectivity index (χ2v) is 6.78. The maximum atomic E-state index is 6.12. The summed E-state index contributed by atoms with van der Waals surface area (Å²) in [5.74, 6) is 0. The second-order valence-electron chi connectivity index (χ2n) is 6.78. The topological polar surface area (TPSA) is 47.5 Å². The van der Waals surface area contributed by atoms with Gasteiger partial charge in [0.25, 0.3) is 0 Å². The molecule has 2 saturated heterocycles. The number of aromatic nitrogens is 2. The lowest BCUT2D eigenvalue weighted by molar-refractivity contribution is -0.200. The number of nitrogens with zero attached hydrogens (tertiary/aromatic N) is 3. The highest BCUT2D eigenvalue weighted by molar-refractivity contribution is 5.09.